The van der Waals surface area contributed by atoms with Gasteiger partial charge in [0.05, 0.1) is 12.8 Å². The summed E-state index contributed by atoms with van der Waals surface area (Å²) in [4.78, 5) is 5.19. The second-order valence-electron chi connectivity index (χ2n) is 9.62. The number of anilines is 1. The summed E-state index contributed by atoms with van der Waals surface area (Å²) in [5, 5.41) is 9.83. The quantitative estimate of drug-likeness (QED) is 0.337. The van der Waals surface area contributed by atoms with Crippen molar-refractivity contribution in [3.63, 3.8) is 0 Å². The molecule has 0 amide bonds. The first-order valence-corrected chi connectivity index (χ1v) is 13.3. The van der Waals surface area contributed by atoms with Crippen LogP contribution in [0.5, 0.6) is 5.75 Å². The summed E-state index contributed by atoms with van der Waals surface area (Å²) in [6, 6.07) is 18.7. The van der Waals surface area contributed by atoms with E-state index in [1.165, 1.54) is 51.0 Å². The number of thioether (sulfide) groups is 1. The highest BCUT2D eigenvalue weighted by Crippen LogP contribution is 2.42. The smallest absolute Gasteiger partial charge is 0.191 e. The number of methoxy groups -OCH3 is 1. The van der Waals surface area contributed by atoms with E-state index in [0.717, 1.165) is 41.1 Å². The first-order valence-electron chi connectivity index (χ1n) is 12.4. The average Bonchev–Trinajstić information content (AvgIpc) is 3.46. The zero-order valence-corrected chi connectivity index (χ0v) is 21.1. The molecule has 0 aliphatic carbocycles. The van der Waals surface area contributed by atoms with E-state index in [1.54, 1.807) is 7.11 Å². The van der Waals surface area contributed by atoms with Gasteiger partial charge < -0.3 is 19.1 Å². The van der Waals surface area contributed by atoms with Gasteiger partial charge in [0.2, 0.25) is 0 Å². The van der Waals surface area contributed by atoms with Crippen molar-refractivity contribution in [1.82, 2.24) is 19.7 Å². The van der Waals surface area contributed by atoms with Crippen LogP contribution in [0.2, 0.25) is 0 Å². The number of nitrogens with zero attached hydrogens (tertiary/aromatic N) is 5. The highest BCUT2D eigenvalue weighted by Gasteiger charge is 2.40. The van der Waals surface area contributed by atoms with Crippen molar-refractivity contribution >= 4 is 17.4 Å². The molecule has 0 bridgehead atoms. The van der Waals surface area contributed by atoms with Gasteiger partial charge in [0, 0.05) is 38.0 Å². The average molecular weight is 478 g/mol. The monoisotopic (exact) mass is 477 g/mol. The lowest BCUT2D eigenvalue weighted by Crippen LogP contribution is -2.41. The Balaban J connectivity index is 1.07. The van der Waals surface area contributed by atoms with E-state index in [4.69, 9.17) is 4.74 Å². The fraction of sp³-hybridized carbons (Fsp3) is 0.481. The molecule has 2 aromatic carbocycles. The molecule has 5 rings (SSSR count). The maximum atomic E-state index is 5.59. The molecular weight excluding hydrogens is 442 g/mol. The highest BCUT2D eigenvalue weighted by molar-refractivity contribution is 7.99. The van der Waals surface area contributed by atoms with Crippen LogP contribution >= 0.6 is 11.8 Å². The maximum Gasteiger partial charge on any atom is 0.191 e. The molecule has 0 unspecified atom stereocenters. The van der Waals surface area contributed by atoms with Crippen molar-refractivity contribution in [2.45, 2.75) is 30.8 Å². The second-order valence-corrected chi connectivity index (χ2v) is 10.7. The van der Waals surface area contributed by atoms with Gasteiger partial charge in [-0.1, -0.05) is 54.2 Å². The molecule has 34 heavy (non-hydrogen) atoms. The normalized spacial score (nSPS) is 18.0. The van der Waals surface area contributed by atoms with Gasteiger partial charge in [0.1, 0.15) is 5.75 Å². The molecule has 0 radical (unpaired) electrons. The fourth-order valence-electron chi connectivity index (χ4n) is 5.47. The lowest BCUT2D eigenvalue weighted by atomic mass is 9.77. The van der Waals surface area contributed by atoms with Crippen molar-refractivity contribution in [1.29, 1.82) is 0 Å². The zero-order chi connectivity index (χ0) is 23.4. The topological polar surface area (TPSA) is 46.4 Å². The van der Waals surface area contributed by atoms with Crippen LogP contribution in [-0.4, -0.2) is 65.3 Å². The lowest BCUT2D eigenvalue weighted by molar-refractivity contribution is 0.209. The van der Waals surface area contributed by atoms with Crippen molar-refractivity contribution in [3.8, 4) is 17.1 Å². The van der Waals surface area contributed by atoms with Crippen LogP contribution < -0.4 is 9.64 Å². The first-order chi connectivity index (χ1) is 16.7. The number of likely N-dealkylation sites (tertiary alicyclic amines) is 1. The van der Waals surface area contributed by atoms with Gasteiger partial charge in [-0.25, -0.2) is 0 Å². The maximum absolute atomic E-state index is 5.59. The molecule has 6 nitrogen and oxygen atoms in total. The summed E-state index contributed by atoms with van der Waals surface area (Å²) in [5.41, 5.74) is 2.86. The molecule has 2 saturated heterocycles. The standard InChI is InChI=1S/C27H35N5OS/c1-30-25(22-9-4-3-5-10-22)28-29-26(30)34-20-8-16-31-17-13-27(21-31)14-18-32(19-15-27)23-11-6-7-12-24(23)33-2/h3-7,9-12H,8,13-21H2,1-2H3. The largest absolute Gasteiger partial charge is 0.495 e. The van der Waals surface area contributed by atoms with Gasteiger partial charge in [-0.3, -0.25) is 0 Å². The number of hydrogen-bond donors (Lipinski definition) is 0. The molecule has 3 heterocycles. The zero-order valence-electron chi connectivity index (χ0n) is 20.3. The second kappa shape index (κ2) is 10.4. The number of hydrogen-bond acceptors (Lipinski definition) is 6. The molecular formula is C27H35N5OS. The molecule has 2 aliphatic heterocycles. The van der Waals surface area contributed by atoms with Crippen molar-refractivity contribution in [2.75, 3.05) is 50.5 Å². The highest BCUT2D eigenvalue weighted by atomic mass is 32.2. The van der Waals surface area contributed by atoms with Gasteiger partial charge in [-0.15, -0.1) is 10.2 Å². The Kier molecular flexibility index (Phi) is 7.11. The molecule has 1 aromatic heterocycles. The Morgan fingerprint density at radius 3 is 2.47 bits per heavy atom. The molecule has 0 atom stereocenters. The van der Waals surface area contributed by atoms with Crippen LogP contribution in [0.4, 0.5) is 5.69 Å². The Bertz CT molecular complexity index is 1080. The van der Waals surface area contributed by atoms with E-state index in [9.17, 15) is 0 Å². The molecule has 0 N–H and O–H groups in total. The minimum atomic E-state index is 0.500. The Labute approximate surface area is 207 Å². The minimum absolute atomic E-state index is 0.500. The molecule has 0 saturated carbocycles. The molecule has 7 heteroatoms. The predicted molar refractivity (Wildman–Crippen MR) is 140 cm³/mol. The van der Waals surface area contributed by atoms with E-state index in [0.29, 0.717) is 5.41 Å². The van der Waals surface area contributed by atoms with Crippen molar-refractivity contribution in [2.24, 2.45) is 12.5 Å². The van der Waals surface area contributed by atoms with Crippen molar-refractivity contribution < 1.29 is 4.74 Å². The summed E-state index contributed by atoms with van der Waals surface area (Å²) >= 11 is 1.82. The molecule has 3 aromatic rings. The number of aromatic nitrogens is 3. The summed E-state index contributed by atoms with van der Waals surface area (Å²) in [7, 11) is 3.83. The first kappa shape index (κ1) is 23.2. The van der Waals surface area contributed by atoms with Crippen LogP contribution in [0.15, 0.2) is 59.8 Å². The number of rotatable bonds is 8. The summed E-state index contributed by atoms with van der Waals surface area (Å²) in [6.45, 7) is 5.91. The van der Waals surface area contributed by atoms with Crippen molar-refractivity contribution in [3.05, 3.63) is 54.6 Å². The van der Waals surface area contributed by atoms with Gasteiger partial charge in [-0.05, 0) is 56.3 Å². The SMILES string of the molecule is COc1ccccc1N1CCC2(CCN(CCCSc3nnc(-c4ccccc4)n3C)C2)CC1. The van der Waals surface area contributed by atoms with Gasteiger partial charge >= 0.3 is 0 Å². The van der Waals surface area contributed by atoms with Gasteiger partial charge in [-0.2, -0.15) is 0 Å². The van der Waals surface area contributed by atoms with Gasteiger partial charge in [0.15, 0.2) is 11.0 Å². The molecule has 2 fully saturated rings. The minimum Gasteiger partial charge on any atom is -0.495 e. The summed E-state index contributed by atoms with van der Waals surface area (Å²) in [5.74, 6) is 3.00. The van der Waals surface area contributed by atoms with Crippen LogP contribution in [-0.2, 0) is 7.05 Å². The summed E-state index contributed by atoms with van der Waals surface area (Å²) in [6.07, 6.45) is 5.07. The Hall–Kier alpha value is -2.51. The van der Waals surface area contributed by atoms with E-state index < -0.39 is 0 Å². The Morgan fingerprint density at radius 2 is 1.68 bits per heavy atom. The lowest BCUT2D eigenvalue weighted by Gasteiger charge is -2.40. The van der Waals surface area contributed by atoms with Crippen LogP contribution in [0.3, 0.4) is 0 Å². The number of benzene rings is 2. The molecule has 180 valence electrons. The molecule has 1 spiro atoms. The van der Waals surface area contributed by atoms with Gasteiger partial charge in [0.25, 0.3) is 0 Å². The third-order valence-corrected chi connectivity index (χ3v) is 8.59. The number of piperidine rings is 1. The number of ether oxygens (including phenoxy) is 1. The Morgan fingerprint density at radius 1 is 0.941 bits per heavy atom. The van der Waals surface area contributed by atoms with E-state index in [1.807, 2.05) is 36.0 Å². The van der Waals surface area contributed by atoms with Crippen LogP contribution in [0.1, 0.15) is 25.7 Å². The van der Waals surface area contributed by atoms with E-state index in [-0.39, 0.29) is 0 Å². The van der Waals surface area contributed by atoms with E-state index >= 15 is 0 Å². The predicted octanol–water partition coefficient (Wildman–Crippen LogP) is 4.97. The summed E-state index contributed by atoms with van der Waals surface area (Å²) < 4.78 is 7.70. The van der Waals surface area contributed by atoms with E-state index in [2.05, 4.69) is 61.9 Å². The number of para-hydroxylation sites is 2. The van der Waals surface area contributed by atoms with Crippen LogP contribution in [0.25, 0.3) is 11.4 Å². The van der Waals surface area contributed by atoms with Crippen LogP contribution in [0, 0.1) is 5.41 Å². The third kappa shape index (κ3) is 4.96. The molecule has 2 aliphatic rings. The fourth-order valence-corrected chi connectivity index (χ4v) is 6.31. The third-order valence-electron chi connectivity index (χ3n) is 7.48.